The fourth-order valence-corrected chi connectivity index (χ4v) is 2.93. The Balaban J connectivity index is 2.14. The van der Waals surface area contributed by atoms with Crippen LogP contribution in [0.25, 0.3) is 0 Å². The maximum Gasteiger partial charge on any atom is 0.228 e. The minimum atomic E-state index is -0.0516. The predicted molar refractivity (Wildman–Crippen MR) is 103 cm³/mol. The maximum absolute atomic E-state index is 12.7. The number of nitrogens with zero attached hydrogens (tertiary/aromatic N) is 2. The van der Waals surface area contributed by atoms with Crippen LogP contribution in [0.2, 0.25) is 0 Å². The Hall–Kier alpha value is -2.62. The van der Waals surface area contributed by atoms with E-state index in [4.69, 9.17) is 0 Å². The smallest absolute Gasteiger partial charge is 0.228 e. The zero-order valence-electron chi connectivity index (χ0n) is 15.5. The second-order valence-corrected chi connectivity index (χ2v) is 6.11. The van der Waals surface area contributed by atoms with Crippen molar-refractivity contribution in [2.24, 2.45) is 0 Å². The third kappa shape index (κ3) is 4.47. The molecule has 0 bridgehead atoms. The maximum atomic E-state index is 12.7. The molecule has 132 valence electrons. The summed E-state index contributed by atoms with van der Waals surface area (Å²) in [6.45, 7) is 8.51. The first kappa shape index (κ1) is 18.7. The van der Waals surface area contributed by atoms with Crippen LogP contribution in [0.5, 0.6) is 0 Å². The van der Waals surface area contributed by atoms with Gasteiger partial charge >= 0.3 is 0 Å². The molecular weight excluding hydrogens is 312 g/mol. The van der Waals surface area contributed by atoms with Crippen molar-refractivity contribution in [1.82, 2.24) is 0 Å². The average Bonchev–Trinajstić information content (AvgIpc) is 2.60. The molecule has 2 rings (SSSR count). The SMILES string of the molecule is CCN(C(=O)CCN(C(C)=O)c1cccc(C)c1C)c1ccccc1. The third-order valence-electron chi connectivity index (χ3n) is 4.48. The Morgan fingerprint density at radius 2 is 1.60 bits per heavy atom. The summed E-state index contributed by atoms with van der Waals surface area (Å²) in [5.41, 5.74) is 3.97. The second-order valence-electron chi connectivity index (χ2n) is 6.11. The molecule has 2 aromatic rings. The lowest BCUT2D eigenvalue weighted by molar-refractivity contribution is -0.118. The van der Waals surface area contributed by atoms with E-state index >= 15 is 0 Å². The molecule has 0 aliphatic rings. The average molecular weight is 338 g/mol. The van der Waals surface area contributed by atoms with E-state index in [2.05, 4.69) is 0 Å². The van der Waals surface area contributed by atoms with Crippen molar-refractivity contribution >= 4 is 23.2 Å². The standard InChI is InChI=1S/C21H26N2O2/c1-5-22(19-11-7-6-8-12-19)21(25)14-15-23(18(4)24)20-13-9-10-16(2)17(20)3/h6-13H,5,14-15H2,1-4H3. The van der Waals surface area contributed by atoms with Gasteiger partial charge in [-0.25, -0.2) is 0 Å². The number of carbonyl (C=O) groups is 2. The van der Waals surface area contributed by atoms with E-state index in [0.717, 1.165) is 22.5 Å². The molecule has 0 aliphatic heterocycles. The molecule has 0 spiro atoms. The first-order valence-electron chi connectivity index (χ1n) is 8.65. The molecule has 4 nitrogen and oxygen atoms in total. The molecule has 25 heavy (non-hydrogen) atoms. The number of amides is 2. The zero-order valence-corrected chi connectivity index (χ0v) is 15.5. The normalized spacial score (nSPS) is 10.4. The van der Waals surface area contributed by atoms with Crippen molar-refractivity contribution < 1.29 is 9.59 Å². The van der Waals surface area contributed by atoms with E-state index in [1.54, 1.807) is 16.7 Å². The van der Waals surface area contributed by atoms with Gasteiger partial charge in [-0.05, 0) is 50.1 Å². The van der Waals surface area contributed by atoms with Gasteiger partial charge < -0.3 is 9.80 Å². The number of hydrogen-bond donors (Lipinski definition) is 0. The van der Waals surface area contributed by atoms with Crippen molar-refractivity contribution in [2.45, 2.75) is 34.1 Å². The molecule has 0 aliphatic carbocycles. The Bertz CT molecular complexity index is 741. The van der Waals surface area contributed by atoms with Crippen LogP contribution in [-0.4, -0.2) is 24.9 Å². The van der Waals surface area contributed by atoms with Crippen molar-refractivity contribution in [3.63, 3.8) is 0 Å². The lowest BCUT2D eigenvalue weighted by atomic mass is 10.1. The number of hydrogen-bond acceptors (Lipinski definition) is 2. The fraction of sp³-hybridized carbons (Fsp3) is 0.333. The molecule has 2 aromatic carbocycles. The number of benzene rings is 2. The van der Waals surface area contributed by atoms with Crippen molar-refractivity contribution in [2.75, 3.05) is 22.9 Å². The van der Waals surface area contributed by atoms with Gasteiger partial charge in [-0.3, -0.25) is 9.59 Å². The summed E-state index contributed by atoms with van der Waals surface area (Å²) in [6, 6.07) is 15.5. The molecule has 2 amide bonds. The number of anilines is 2. The van der Waals surface area contributed by atoms with Crippen LogP contribution >= 0.6 is 0 Å². The Morgan fingerprint density at radius 3 is 2.20 bits per heavy atom. The molecule has 0 aromatic heterocycles. The summed E-state index contributed by atoms with van der Waals surface area (Å²) in [4.78, 5) is 28.2. The monoisotopic (exact) mass is 338 g/mol. The van der Waals surface area contributed by atoms with Crippen LogP contribution in [0.3, 0.4) is 0 Å². The van der Waals surface area contributed by atoms with Gasteiger partial charge in [0.05, 0.1) is 0 Å². The van der Waals surface area contributed by atoms with Gasteiger partial charge in [0.1, 0.15) is 0 Å². The number of carbonyl (C=O) groups excluding carboxylic acids is 2. The summed E-state index contributed by atoms with van der Waals surface area (Å²) in [5, 5.41) is 0. The largest absolute Gasteiger partial charge is 0.313 e. The first-order chi connectivity index (χ1) is 12.0. The molecule has 0 atom stereocenters. The summed E-state index contributed by atoms with van der Waals surface area (Å²) >= 11 is 0. The van der Waals surface area contributed by atoms with Gasteiger partial charge in [-0.15, -0.1) is 0 Å². The van der Waals surface area contributed by atoms with Crippen LogP contribution in [0.4, 0.5) is 11.4 Å². The van der Waals surface area contributed by atoms with E-state index in [1.165, 1.54) is 0 Å². The zero-order chi connectivity index (χ0) is 18.4. The molecule has 0 N–H and O–H groups in total. The topological polar surface area (TPSA) is 40.6 Å². The highest BCUT2D eigenvalue weighted by Gasteiger charge is 2.19. The predicted octanol–water partition coefficient (Wildman–Crippen LogP) is 4.10. The van der Waals surface area contributed by atoms with Gasteiger partial charge in [0, 0.05) is 37.8 Å². The van der Waals surface area contributed by atoms with E-state index in [0.29, 0.717) is 13.1 Å². The summed E-state index contributed by atoms with van der Waals surface area (Å²) in [7, 11) is 0. The van der Waals surface area contributed by atoms with Crippen molar-refractivity contribution in [1.29, 1.82) is 0 Å². The molecule has 4 heteroatoms. The first-order valence-corrected chi connectivity index (χ1v) is 8.65. The van der Waals surface area contributed by atoms with Gasteiger partial charge in [0.25, 0.3) is 0 Å². The van der Waals surface area contributed by atoms with Crippen LogP contribution < -0.4 is 9.80 Å². The van der Waals surface area contributed by atoms with Gasteiger partial charge in [0.2, 0.25) is 11.8 Å². The van der Waals surface area contributed by atoms with E-state index in [9.17, 15) is 9.59 Å². The molecule has 0 radical (unpaired) electrons. The quantitative estimate of drug-likeness (QED) is 0.795. The van der Waals surface area contributed by atoms with Gasteiger partial charge in [-0.1, -0.05) is 30.3 Å². The minimum absolute atomic E-state index is 0.0188. The lowest BCUT2D eigenvalue weighted by Crippen LogP contribution is -2.36. The van der Waals surface area contributed by atoms with Crippen molar-refractivity contribution in [3.05, 3.63) is 59.7 Å². The molecule has 0 saturated carbocycles. The van der Waals surface area contributed by atoms with Crippen LogP contribution in [0.1, 0.15) is 31.4 Å². The van der Waals surface area contributed by atoms with Crippen LogP contribution in [-0.2, 0) is 9.59 Å². The number of para-hydroxylation sites is 1. The minimum Gasteiger partial charge on any atom is -0.313 e. The lowest BCUT2D eigenvalue weighted by Gasteiger charge is -2.26. The molecule has 0 saturated heterocycles. The molecule has 0 heterocycles. The Morgan fingerprint density at radius 1 is 0.920 bits per heavy atom. The highest BCUT2D eigenvalue weighted by Crippen LogP contribution is 2.23. The number of aryl methyl sites for hydroxylation is 1. The summed E-state index contributed by atoms with van der Waals surface area (Å²) in [5.74, 6) is -0.0329. The van der Waals surface area contributed by atoms with Gasteiger partial charge in [-0.2, -0.15) is 0 Å². The Kier molecular flexibility index (Phi) is 6.34. The van der Waals surface area contributed by atoms with Crippen molar-refractivity contribution in [3.8, 4) is 0 Å². The van der Waals surface area contributed by atoms with E-state index < -0.39 is 0 Å². The van der Waals surface area contributed by atoms with E-state index in [1.807, 2.05) is 69.3 Å². The summed E-state index contributed by atoms with van der Waals surface area (Å²) < 4.78 is 0. The molecule has 0 unspecified atom stereocenters. The molecule has 0 fully saturated rings. The van der Waals surface area contributed by atoms with Gasteiger partial charge in [0.15, 0.2) is 0 Å². The highest BCUT2D eigenvalue weighted by molar-refractivity contribution is 5.96. The highest BCUT2D eigenvalue weighted by atomic mass is 16.2. The Labute approximate surface area is 150 Å². The van der Waals surface area contributed by atoms with Crippen LogP contribution in [0.15, 0.2) is 48.5 Å². The summed E-state index contributed by atoms with van der Waals surface area (Å²) in [6.07, 6.45) is 0.287. The third-order valence-corrected chi connectivity index (χ3v) is 4.48. The fourth-order valence-electron chi connectivity index (χ4n) is 2.93. The number of rotatable bonds is 6. The van der Waals surface area contributed by atoms with E-state index in [-0.39, 0.29) is 18.2 Å². The molecular formula is C21H26N2O2. The van der Waals surface area contributed by atoms with Crippen LogP contribution in [0, 0.1) is 13.8 Å². The second kappa shape index (κ2) is 8.47.